The first-order valence-corrected chi connectivity index (χ1v) is 7.82. The molecule has 1 N–H and O–H groups in total. The van der Waals surface area contributed by atoms with E-state index in [4.69, 9.17) is 23.2 Å². The van der Waals surface area contributed by atoms with Crippen molar-refractivity contribution in [2.45, 2.75) is 31.8 Å². The van der Waals surface area contributed by atoms with Gasteiger partial charge in [-0.25, -0.2) is 0 Å². The fourth-order valence-corrected chi connectivity index (χ4v) is 3.87. The van der Waals surface area contributed by atoms with E-state index in [1.54, 1.807) is 0 Å². The van der Waals surface area contributed by atoms with Crippen LogP contribution in [0.4, 0.5) is 0 Å². The molecule has 2 nitrogen and oxygen atoms in total. The molecular formula is C15H20Cl2N2. The van der Waals surface area contributed by atoms with Gasteiger partial charge in [0.15, 0.2) is 0 Å². The summed E-state index contributed by atoms with van der Waals surface area (Å²) in [5, 5.41) is 5.30. The Morgan fingerprint density at radius 1 is 1.26 bits per heavy atom. The molecule has 104 valence electrons. The normalized spacial score (nSPS) is 31.4. The Hall–Kier alpha value is -0.280. The fraction of sp³-hybridized carbons (Fsp3) is 0.600. The van der Waals surface area contributed by atoms with Gasteiger partial charge in [0, 0.05) is 28.7 Å². The highest BCUT2D eigenvalue weighted by Crippen LogP contribution is 2.31. The molecule has 3 aliphatic rings. The molecule has 2 atom stereocenters. The summed E-state index contributed by atoms with van der Waals surface area (Å²) in [5.41, 5.74) is 1.10. The second kappa shape index (κ2) is 5.61. The van der Waals surface area contributed by atoms with Gasteiger partial charge in [-0.1, -0.05) is 23.2 Å². The summed E-state index contributed by atoms with van der Waals surface area (Å²) in [6.07, 6.45) is 2.65. The zero-order valence-electron chi connectivity index (χ0n) is 11.2. The minimum Gasteiger partial charge on any atom is -0.306 e. The van der Waals surface area contributed by atoms with Gasteiger partial charge in [-0.3, -0.25) is 0 Å². The maximum Gasteiger partial charge on any atom is 0.0454 e. The number of hydrogen-bond donors (Lipinski definition) is 1. The molecule has 3 fully saturated rings. The van der Waals surface area contributed by atoms with E-state index < -0.39 is 0 Å². The van der Waals surface area contributed by atoms with Gasteiger partial charge < -0.3 is 10.2 Å². The quantitative estimate of drug-likeness (QED) is 0.914. The van der Waals surface area contributed by atoms with Crippen LogP contribution < -0.4 is 5.32 Å². The van der Waals surface area contributed by atoms with Crippen LogP contribution in [0.5, 0.6) is 0 Å². The van der Waals surface area contributed by atoms with Crippen molar-refractivity contribution in [3.8, 4) is 0 Å². The Kier molecular flexibility index (Phi) is 4.04. The van der Waals surface area contributed by atoms with Crippen LogP contribution in [-0.4, -0.2) is 30.6 Å². The van der Waals surface area contributed by atoms with Gasteiger partial charge in [0.25, 0.3) is 0 Å². The van der Waals surface area contributed by atoms with Crippen LogP contribution in [-0.2, 0) is 0 Å². The number of piperidine rings is 3. The molecule has 1 aromatic rings. The molecular weight excluding hydrogens is 279 g/mol. The molecule has 0 aliphatic carbocycles. The van der Waals surface area contributed by atoms with E-state index in [-0.39, 0.29) is 6.04 Å². The molecule has 0 aromatic heterocycles. The van der Waals surface area contributed by atoms with Gasteiger partial charge in [-0.2, -0.15) is 0 Å². The zero-order chi connectivity index (χ0) is 13.4. The summed E-state index contributed by atoms with van der Waals surface area (Å²) >= 11 is 12.4. The minimum atomic E-state index is 0.247. The van der Waals surface area contributed by atoms with Gasteiger partial charge in [0.05, 0.1) is 0 Å². The molecule has 3 heterocycles. The summed E-state index contributed by atoms with van der Waals surface area (Å²) in [6, 6.07) is 6.54. The third kappa shape index (κ3) is 2.92. The Balaban J connectivity index is 1.71. The molecule has 0 saturated carbocycles. The third-order valence-electron chi connectivity index (χ3n) is 4.54. The molecule has 0 radical (unpaired) electrons. The SMILES string of the molecule is CC(NC1CN2CCC1CC2)c1cc(Cl)ccc1Cl. The van der Waals surface area contributed by atoms with E-state index in [1.165, 1.54) is 32.5 Å². The van der Waals surface area contributed by atoms with Gasteiger partial charge in [0.2, 0.25) is 0 Å². The van der Waals surface area contributed by atoms with Crippen molar-refractivity contribution in [2.24, 2.45) is 5.92 Å². The smallest absolute Gasteiger partial charge is 0.0454 e. The Morgan fingerprint density at radius 3 is 2.63 bits per heavy atom. The summed E-state index contributed by atoms with van der Waals surface area (Å²) in [4.78, 5) is 2.56. The highest BCUT2D eigenvalue weighted by molar-refractivity contribution is 6.33. The summed E-state index contributed by atoms with van der Waals surface area (Å²) in [5.74, 6) is 0.824. The molecule has 2 bridgehead atoms. The molecule has 4 heteroatoms. The molecule has 2 unspecified atom stereocenters. The average Bonchev–Trinajstić information content (AvgIpc) is 2.43. The minimum absolute atomic E-state index is 0.247. The van der Waals surface area contributed by atoms with E-state index in [9.17, 15) is 0 Å². The molecule has 1 aromatic carbocycles. The Bertz CT molecular complexity index is 455. The van der Waals surface area contributed by atoms with Crippen molar-refractivity contribution in [3.05, 3.63) is 33.8 Å². The maximum atomic E-state index is 6.28. The molecule has 0 amide bonds. The number of benzene rings is 1. The number of fused-ring (bicyclic) bond motifs is 3. The summed E-state index contributed by atoms with van der Waals surface area (Å²) in [6.45, 7) is 5.90. The van der Waals surface area contributed by atoms with Crippen LogP contribution in [0.15, 0.2) is 18.2 Å². The first-order chi connectivity index (χ1) is 9.13. The topological polar surface area (TPSA) is 15.3 Å². The van der Waals surface area contributed by atoms with Crippen LogP contribution in [0, 0.1) is 5.92 Å². The summed E-state index contributed by atoms with van der Waals surface area (Å²) < 4.78 is 0. The second-order valence-corrected chi connectivity index (χ2v) is 6.64. The average molecular weight is 299 g/mol. The van der Waals surface area contributed by atoms with E-state index in [2.05, 4.69) is 17.1 Å². The predicted molar refractivity (Wildman–Crippen MR) is 81.0 cm³/mol. The zero-order valence-corrected chi connectivity index (χ0v) is 12.7. The Morgan fingerprint density at radius 2 is 2.00 bits per heavy atom. The number of hydrogen-bond acceptors (Lipinski definition) is 2. The van der Waals surface area contributed by atoms with Gasteiger partial charge in [-0.15, -0.1) is 0 Å². The lowest BCUT2D eigenvalue weighted by molar-refractivity contribution is 0.0680. The predicted octanol–water partition coefficient (Wildman–Crippen LogP) is 3.74. The van der Waals surface area contributed by atoms with Gasteiger partial charge >= 0.3 is 0 Å². The first-order valence-electron chi connectivity index (χ1n) is 7.07. The number of nitrogens with one attached hydrogen (secondary N) is 1. The molecule has 4 rings (SSSR count). The van der Waals surface area contributed by atoms with Crippen LogP contribution in [0.3, 0.4) is 0 Å². The lowest BCUT2D eigenvalue weighted by Crippen LogP contribution is -2.56. The van der Waals surface area contributed by atoms with Crippen molar-refractivity contribution in [1.82, 2.24) is 10.2 Å². The highest BCUT2D eigenvalue weighted by atomic mass is 35.5. The van der Waals surface area contributed by atoms with E-state index in [0.29, 0.717) is 6.04 Å². The fourth-order valence-electron chi connectivity index (χ4n) is 3.41. The monoisotopic (exact) mass is 298 g/mol. The largest absolute Gasteiger partial charge is 0.306 e. The Labute approximate surface area is 125 Å². The molecule has 19 heavy (non-hydrogen) atoms. The third-order valence-corrected chi connectivity index (χ3v) is 5.12. The van der Waals surface area contributed by atoms with E-state index >= 15 is 0 Å². The first kappa shape index (κ1) is 13.7. The molecule has 0 spiro atoms. The summed E-state index contributed by atoms with van der Waals surface area (Å²) in [7, 11) is 0. The van der Waals surface area contributed by atoms with Crippen molar-refractivity contribution in [1.29, 1.82) is 0 Å². The number of nitrogens with zero attached hydrogens (tertiary/aromatic N) is 1. The van der Waals surface area contributed by atoms with Crippen molar-refractivity contribution >= 4 is 23.2 Å². The van der Waals surface area contributed by atoms with Crippen molar-refractivity contribution < 1.29 is 0 Å². The van der Waals surface area contributed by atoms with Crippen LogP contribution in [0.1, 0.15) is 31.4 Å². The van der Waals surface area contributed by atoms with Crippen LogP contribution in [0.2, 0.25) is 10.0 Å². The molecule has 3 aliphatic heterocycles. The number of rotatable bonds is 3. The van der Waals surface area contributed by atoms with Crippen molar-refractivity contribution in [3.63, 3.8) is 0 Å². The number of halogens is 2. The standard InChI is InChI=1S/C15H20Cl2N2/c1-10(13-8-12(16)2-3-14(13)17)18-15-9-19-6-4-11(15)5-7-19/h2-3,8,10-11,15,18H,4-7,9H2,1H3. The lowest BCUT2D eigenvalue weighted by atomic mass is 9.83. The highest BCUT2D eigenvalue weighted by Gasteiger charge is 2.34. The molecule has 3 saturated heterocycles. The lowest BCUT2D eigenvalue weighted by Gasteiger charge is -2.46. The van der Waals surface area contributed by atoms with Crippen molar-refractivity contribution in [2.75, 3.05) is 19.6 Å². The van der Waals surface area contributed by atoms with Crippen LogP contribution in [0.25, 0.3) is 0 Å². The van der Waals surface area contributed by atoms with E-state index in [1.807, 2.05) is 18.2 Å². The second-order valence-electron chi connectivity index (χ2n) is 5.80. The van der Waals surface area contributed by atoms with Gasteiger partial charge in [0.1, 0.15) is 0 Å². The van der Waals surface area contributed by atoms with Gasteiger partial charge in [-0.05, 0) is 62.5 Å². The van der Waals surface area contributed by atoms with Crippen LogP contribution >= 0.6 is 23.2 Å². The van der Waals surface area contributed by atoms with E-state index in [0.717, 1.165) is 21.5 Å². The maximum absolute atomic E-state index is 6.28.